The second-order valence-corrected chi connectivity index (χ2v) is 4.44. The second-order valence-electron chi connectivity index (χ2n) is 4.44. The Morgan fingerprint density at radius 2 is 1.47 bits per heavy atom. The van der Waals surface area contributed by atoms with Crippen molar-refractivity contribution in [2.75, 3.05) is 0 Å². The zero-order valence-electron chi connectivity index (χ0n) is 13.2. The molecule has 0 heteroatoms. The van der Waals surface area contributed by atoms with E-state index in [1.54, 1.807) is 0 Å². The molecule has 0 atom stereocenters. The lowest BCUT2D eigenvalue weighted by molar-refractivity contribution is 1.21. The van der Waals surface area contributed by atoms with Crippen molar-refractivity contribution in [2.24, 2.45) is 0 Å². The van der Waals surface area contributed by atoms with Crippen molar-refractivity contribution in [1.29, 1.82) is 0 Å². The Balaban J connectivity index is 0.000000415. The van der Waals surface area contributed by atoms with Crippen LogP contribution in [0.15, 0.2) is 36.4 Å². The molecule has 0 N–H and O–H groups in total. The molecule has 0 nitrogen and oxygen atoms in total. The lowest BCUT2D eigenvalue weighted by atomic mass is 10.0. The molecule has 0 saturated carbocycles. The highest BCUT2D eigenvalue weighted by Gasteiger charge is 2.18. The van der Waals surface area contributed by atoms with Gasteiger partial charge in [0.25, 0.3) is 0 Å². The van der Waals surface area contributed by atoms with Gasteiger partial charge in [-0.25, -0.2) is 0 Å². The molecule has 0 unspecified atom stereocenters. The van der Waals surface area contributed by atoms with E-state index in [-0.39, 0.29) is 0 Å². The van der Waals surface area contributed by atoms with Gasteiger partial charge in [0, 0.05) is 0 Å². The van der Waals surface area contributed by atoms with Gasteiger partial charge in [0.05, 0.1) is 0 Å². The smallest absolute Gasteiger partial charge is 0.00107 e. The highest BCUT2D eigenvalue weighted by Crippen LogP contribution is 2.38. The van der Waals surface area contributed by atoms with E-state index >= 15 is 0 Å². The van der Waals surface area contributed by atoms with Gasteiger partial charge in [-0.1, -0.05) is 69.7 Å². The van der Waals surface area contributed by atoms with Crippen LogP contribution >= 0.6 is 0 Å². The summed E-state index contributed by atoms with van der Waals surface area (Å²) in [7, 11) is 0. The van der Waals surface area contributed by atoms with Crippen LogP contribution in [0, 0.1) is 13.8 Å². The Kier molecular flexibility index (Phi) is 5.82. The van der Waals surface area contributed by atoms with Gasteiger partial charge in [-0.05, 0) is 48.1 Å². The van der Waals surface area contributed by atoms with Crippen molar-refractivity contribution in [3.8, 4) is 11.1 Å². The molecule has 3 rings (SSSR count). The molecule has 0 saturated heterocycles. The van der Waals surface area contributed by atoms with Gasteiger partial charge in [-0.3, -0.25) is 0 Å². The van der Waals surface area contributed by atoms with E-state index in [1.807, 2.05) is 27.7 Å². The molecule has 2 aromatic carbocycles. The Morgan fingerprint density at radius 3 is 2.16 bits per heavy atom. The molecule has 0 aromatic heterocycles. The van der Waals surface area contributed by atoms with Crippen molar-refractivity contribution < 1.29 is 0 Å². The minimum Gasteiger partial charge on any atom is -0.0683 e. The fourth-order valence-corrected chi connectivity index (χ4v) is 2.51. The van der Waals surface area contributed by atoms with Crippen molar-refractivity contribution in [1.82, 2.24) is 0 Å². The highest BCUT2D eigenvalue weighted by molar-refractivity contribution is 5.78. The van der Waals surface area contributed by atoms with Gasteiger partial charge in [0.1, 0.15) is 0 Å². The summed E-state index contributed by atoms with van der Waals surface area (Å²) in [4.78, 5) is 0. The third kappa shape index (κ3) is 3.07. The minimum atomic E-state index is 1.11. The first-order chi connectivity index (χ1) is 9.25. The monoisotopic (exact) mass is 254 g/mol. The first-order valence-corrected chi connectivity index (χ1v) is 7.44. The molecule has 1 aliphatic carbocycles. The lowest BCUT2D eigenvalue weighted by Crippen LogP contribution is -1.84. The summed E-state index contributed by atoms with van der Waals surface area (Å²) in [5.74, 6) is 0. The lowest BCUT2D eigenvalue weighted by Gasteiger charge is -2.02. The third-order valence-electron chi connectivity index (χ3n) is 3.33. The Morgan fingerprint density at radius 1 is 0.789 bits per heavy atom. The van der Waals surface area contributed by atoms with Crippen LogP contribution in [0.3, 0.4) is 0 Å². The summed E-state index contributed by atoms with van der Waals surface area (Å²) in [6.45, 7) is 12.4. The normalized spacial score (nSPS) is 10.4. The van der Waals surface area contributed by atoms with Gasteiger partial charge in [0.2, 0.25) is 0 Å². The van der Waals surface area contributed by atoms with E-state index in [0.717, 1.165) is 6.42 Å². The molecule has 0 bridgehead atoms. The molecule has 0 amide bonds. The largest absolute Gasteiger partial charge is 0.0683 e. The molecule has 0 heterocycles. The van der Waals surface area contributed by atoms with Crippen molar-refractivity contribution in [3.63, 3.8) is 0 Å². The topological polar surface area (TPSA) is 0 Å². The molecule has 2 aromatic rings. The summed E-state index contributed by atoms with van der Waals surface area (Å²) >= 11 is 0. The second kappa shape index (κ2) is 7.13. The first kappa shape index (κ1) is 15.5. The van der Waals surface area contributed by atoms with E-state index in [4.69, 9.17) is 0 Å². The fourth-order valence-electron chi connectivity index (χ4n) is 2.51. The minimum absolute atomic E-state index is 1.11. The Bertz CT molecular complexity index is 536. The average Bonchev–Trinajstić information content (AvgIpc) is 2.82. The number of fused-ring (bicyclic) bond motifs is 3. The highest BCUT2D eigenvalue weighted by atomic mass is 14.2. The van der Waals surface area contributed by atoms with E-state index in [1.165, 1.54) is 33.4 Å². The van der Waals surface area contributed by atoms with E-state index in [9.17, 15) is 0 Å². The van der Waals surface area contributed by atoms with Gasteiger partial charge < -0.3 is 0 Å². The summed E-state index contributed by atoms with van der Waals surface area (Å²) in [5, 5.41) is 0. The predicted octanol–water partition coefficient (Wildman–Crippen LogP) is 5.93. The van der Waals surface area contributed by atoms with E-state index in [0.29, 0.717) is 0 Å². The van der Waals surface area contributed by atoms with Crippen molar-refractivity contribution in [3.05, 3.63) is 58.7 Å². The Hall–Kier alpha value is -1.56. The molecule has 102 valence electrons. The van der Waals surface area contributed by atoms with Gasteiger partial charge in [0.15, 0.2) is 0 Å². The zero-order valence-corrected chi connectivity index (χ0v) is 13.2. The number of rotatable bonds is 0. The molecule has 0 radical (unpaired) electrons. The van der Waals surface area contributed by atoms with Gasteiger partial charge >= 0.3 is 0 Å². The molecule has 19 heavy (non-hydrogen) atoms. The van der Waals surface area contributed by atoms with Crippen molar-refractivity contribution in [2.45, 2.75) is 48.0 Å². The quantitative estimate of drug-likeness (QED) is 0.466. The van der Waals surface area contributed by atoms with Crippen LogP contribution in [-0.4, -0.2) is 0 Å². The van der Waals surface area contributed by atoms with Crippen molar-refractivity contribution >= 4 is 0 Å². The molecule has 0 aliphatic heterocycles. The summed E-state index contributed by atoms with van der Waals surface area (Å²) < 4.78 is 0. The molecular weight excluding hydrogens is 228 g/mol. The van der Waals surface area contributed by atoms with Crippen LogP contribution in [-0.2, 0) is 6.42 Å². The molecule has 1 aliphatic rings. The summed E-state index contributed by atoms with van der Waals surface area (Å²) in [6.07, 6.45) is 1.11. The summed E-state index contributed by atoms with van der Waals surface area (Å²) in [6, 6.07) is 13.4. The van der Waals surface area contributed by atoms with Gasteiger partial charge in [-0.15, -0.1) is 0 Å². The number of hydrogen-bond acceptors (Lipinski definition) is 0. The fraction of sp³-hybridized carbons (Fsp3) is 0.368. The number of benzene rings is 2. The number of hydrogen-bond donors (Lipinski definition) is 0. The average molecular weight is 254 g/mol. The van der Waals surface area contributed by atoms with Crippen LogP contribution in [0.4, 0.5) is 0 Å². The van der Waals surface area contributed by atoms with E-state index in [2.05, 4.69) is 50.2 Å². The third-order valence-corrected chi connectivity index (χ3v) is 3.33. The molecule has 0 fully saturated rings. The predicted molar refractivity (Wildman–Crippen MR) is 86.9 cm³/mol. The van der Waals surface area contributed by atoms with Crippen LogP contribution in [0.1, 0.15) is 49.9 Å². The summed E-state index contributed by atoms with van der Waals surface area (Å²) in [5.41, 5.74) is 8.64. The van der Waals surface area contributed by atoms with Gasteiger partial charge in [-0.2, -0.15) is 0 Å². The molecular formula is C19H26. The van der Waals surface area contributed by atoms with Crippen LogP contribution in [0.2, 0.25) is 0 Å². The maximum atomic E-state index is 2.31. The van der Waals surface area contributed by atoms with Crippen LogP contribution in [0.25, 0.3) is 11.1 Å². The van der Waals surface area contributed by atoms with Crippen LogP contribution in [0.5, 0.6) is 0 Å². The number of aryl methyl sites for hydroxylation is 2. The van der Waals surface area contributed by atoms with E-state index < -0.39 is 0 Å². The standard InChI is InChI=1S/C15H14.2C2H6/c1-10-6-7-13-12(8-10)9-15-11(2)4-3-5-14(13)15;2*1-2/h3-8H,9H2,1-2H3;2*1-2H3. The maximum Gasteiger partial charge on any atom is -0.00107 e. The Labute approximate surface area is 118 Å². The molecule has 0 spiro atoms. The zero-order chi connectivity index (χ0) is 14.4. The maximum absolute atomic E-state index is 2.31. The van der Waals surface area contributed by atoms with Crippen LogP contribution < -0.4 is 0 Å². The SMILES string of the molecule is CC.CC.Cc1ccc2c(c1)Cc1c(C)cccc1-2. The first-order valence-electron chi connectivity index (χ1n) is 7.44.